The first-order valence-electron chi connectivity index (χ1n) is 13.1. The smallest absolute Gasteiger partial charge is 0.0991 e. The molecule has 0 atom stereocenters. The Bertz CT molecular complexity index is 1490. The molecule has 1 heterocycles. The molecular formula is C33H33N3. The van der Waals surface area contributed by atoms with Crippen LogP contribution < -0.4 is 4.90 Å². The van der Waals surface area contributed by atoms with Gasteiger partial charge in [-0.2, -0.15) is 5.26 Å². The molecule has 4 aromatic carbocycles. The molecule has 0 saturated carbocycles. The lowest BCUT2D eigenvalue weighted by molar-refractivity contribution is 0.678. The van der Waals surface area contributed by atoms with Gasteiger partial charge >= 0.3 is 0 Å². The van der Waals surface area contributed by atoms with Crippen molar-refractivity contribution in [2.45, 2.75) is 39.5 Å². The molecule has 0 aliphatic carbocycles. The van der Waals surface area contributed by atoms with Crippen molar-refractivity contribution in [3.8, 4) is 28.5 Å². The lowest BCUT2D eigenvalue weighted by Gasteiger charge is -2.25. The van der Waals surface area contributed by atoms with Gasteiger partial charge in [0, 0.05) is 35.4 Å². The minimum absolute atomic E-state index is 0.675. The van der Waals surface area contributed by atoms with Gasteiger partial charge in [-0.3, -0.25) is 0 Å². The highest BCUT2D eigenvalue weighted by molar-refractivity contribution is 6.14. The number of nitrogens with one attached hydrogen (secondary N) is 1. The summed E-state index contributed by atoms with van der Waals surface area (Å²) in [5.74, 6) is 0. The van der Waals surface area contributed by atoms with Gasteiger partial charge in [-0.1, -0.05) is 75.2 Å². The molecule has 0 radical (unpaired) electrons. The summed E-state index contributed by atoms with van der Waals surface area (Å²) in [5, 5.41) is 12.9. The fraction of sp³-hybridized carbons (Fsp3) is 0.242. The van der Waals surface area contributed by atoms with E-state index in [-0.39, 0.29) is 0 Å². The number of rotatable bonds is 9. The molecule has 3 heteroatoms. The molecule has 36 heavy (non-hydrogen) atoms. The van der Waals surface area contributed by atoms with E-state index in [9.17, 15) is 0 Å². The van der Waals surface area contributed by atoms with Crippen molar-refractivity contribution in [2.24, 2.45) is 0 Å². The molecule has 180 valence electrons. The van der Waals surface area contributed by atoms with Crippen LogP contribution in [0, 0.1) is 11.3 Å². The molecule has 0 fully saturated rings. The van der Waals surface area contributed by atoms with Crippen molar-refractivity contribution in [1.29, 1.82) is 5.26 Å². The van der Waals surface area contributed by atoms with Gasteiger partial charge in [0.05, 0.1) is 11.6 Å². The van der Waals surface area contributed by atoms with E-state index in [1.165, 1.54) is 58.7 Å². The fourth-order valence-corrected chi connectivity index (χ4v) is 5.02. The topological polar surface area (TPSA) is 42.8 Å². The van der Waals surface area contributed by atoms with E-state index in [1.807, 2.05) is 24.3 Å². The average molecular weight is 472 g/mol. The fourth-order valence-electron chi connectivity index (χ4n) is 5.02. The van der Waals surface area contributed by atoms with Crippen LogP contribution in [0.3, 0.4) is 0 Å². The summed E-state index contributed by atoms with van der Waals surface area (Å²) in [7, 11) is 0. The highest BCUT2D eigenvalue weighted by atomic mass is 15.1. The zero-order valence-corrected chi connectivity index (χ0v) is 21.2. The van der Waals surface area contributed by atoms with Gasteiger partial charge in [0.2, 0.25) is 0 Å². The van der Waals surface area contributed by atoms with E-state index in [0.29, 0.717) is 5.56 Å². The number of nitrogens with zero attached hydrogens (tertiary/aromatic N) is 2. The average Bonchev–Trinajstić information content (AvgIpc) is 3.37. The lowest BCUT2D eigenvalue weighted by atomic mass is 9.95. The van der Waals surface area contributed by atoms with Gasteiger partial charge in [0.15, 0.2) is 0 Å². The zero-order chi connectivity index (χ0) is 24.9. The van der Waals surface area contributed by atoms with E-state index in [4.69, 9.17) is 5.26 Å². The van der Waals surface area contributed by atoms with Crippen LogP contribution in [0.1, 0.15) is 45.1 Å². The van der Waals surface area contributed by atoms with Gasteiger partial charge in [0.1, 0.15) is 0 Å². The van der Waals surface area contributed by atoms with Crippen molar-refractivity contribution in [1.82, 2.24) is 4.98 Å². The molecular weight excluding hydrogens is 438 g/mol. The summed E-state index contributed by atoms with van der Waals surface area (Å²) in [4.78, 5) is 6.17. The van der Waals surface area contributed by atoms with Crippen LogP contribution >= 0.6 is 0 Å². The Morgan fingerprint density at radius 3 is 2.00 bits per heavy atom. The summed E-state index contributed by atoms with van der Waals surface area (Å²) in [6.45, 7) is 6.75. The molecule has 0 saturated heterocycles. The lowest BCUT2D eigenvalue weighted by Crippen LogP contribution is -2.25. The Balaban J connectivity index is 1.55. The number of fused-ring (bicyclic) bond motifs is 3. The first kappa shape index (κ1) is 23.7. The third kappa shape index (κ3) is 4.72. The van der Waals surface area contributed by atoms with Crippen molar-refractivity contribution in [2.75, 3.05) is 18.0 Å². The maximum absolute atomic E-state index is 9.13. The SMILES string of the molecule is CCCCN(CCCC)c1ccc(-c2cc3[nH]c(-c4ccc(C#N)cc4)cc3c3ccccc23)cc1. The number of H-pyrrole nitrogens is 1. The summed E-state index contributed by atoms with van der Waals surface area (Å²) in [6.07, 6.45) is 4.88. The van der Waals surface area contributed by atoms with E-state index < -0.39 is 0 Å². The van der Waals surface area contributed by atoms with Gasteiger partial charge < -0.3 is 9.88 Å². The predicted octanol–water partition coefficient (Wildman–Crippen LogP) is 8.93. The third-order valence-corrected chi connectivity index (χ3v) is 7.08. The molecule has 5 rings (SSSR count). The number of benzene rings is 4. The number of aromatic amines is 1. The second-order valence-electron chi connectivity index (χ2n) is 9.54. The summed E-state index contributed by atoms with van der Waals surface area (Å²) >= 11 is 0. The number of aromatic nitrogens is 1. The third-order valence-electron chi connectivity index (χ3n) is 7.08. The Hall–Kier alpha value is -4.03. The second-order valence-corrected chi connectivity index (χ2v) is 9.54. The molecule has 0 aliphatic heterocycles. The normalized spacial score (nSPS) is 11.1. The van der Waals surface area contributed by atoms with Gasteiger partial charge in [0.25, 0.3) is 0 Å². The van der Waals surface area contributed by atoms with Gasteiger partial charge in [-0.15, -0.1) is 0 Å². The highest BCUT2D eigenvalue weighted by Gasteiger charge is 2.13. The molecule has 3 nitrogen and oxygen atoms in total. The van der Waals surface area contributed by atoms with Crippen LogP contribution in [0.5, 0.6) is 0 Å². The number of hydrogen-bond donors (Lipinski definition) is 1. The second kappa shape index (κ2) is 10.7. The van der Waals surface area contributed by atoms with Crippen molar-refractivity contribution in [3.05, 3.63) is 90.5 Å². The van der Waals surface area contributed by atoms with E-state index in [2.05, 4.69) is 90.5 Å². The molecule has 0 spiro atoms. The molecule has 1 aromatic heterocycles. The number of hydrogen-bond acceptors (Lipinski definition) is 2. The molecule has 0 aliphatic rings. The monoisotopic (exact) mass is 471 g/mol. The minimum atomic E-state index is 0.675. The standard InChI is InChI=1S/C33H33N3/c1-3-5-19-36(20-6-4-2)27-17-15-25(16-18-27)30-21-33-31(29-10-8-7-9-28(29)30)22-32(35-33)26-13-11-24(23-34)12-14-26/h7-18,21-22,35H,3-6,19-20H2,1-2H3. The molecule has 0 bridgehead atoms. The van der Waals surface area contributed by atoms with Crippen LogP contribution in [0.4, 0.5) is 5.69 Å². The summed E-state index contributed by atoms with van der Waals surface area (Å²) in [6, 6.07) is 32.3. The van der Waals surface area contributed by atoms with Crippen LogP contribution in [0.15, 0.2) is 84.9 Å². The van der Waals surface area contributed by atoms with Crippen LogP contribution in [0.25, 0.3) is 44.1 Å². The van der Waals surface area contributed by atoms with Crippen molar-refractivity contribution >= 4 is 27.4 Å². The Morgan fingerprint density at radius 1 is 0.722 bits per heavy atom. The maximum atomic E-state index is 9.13. The first-order valence-corrected chi connectivity index (χ1v) is 13.1. The van der Waals surface area contributed by atoms with E-state index in [1.54, 1.807) is 0 Å². The van der Waals surface area contributed by atoms with Crippen molar-refractivity contribution < 1.29 is 0 Å². The number of nitriles is 1. The molecule has 0 amide bonds. The number of anilines is 1. The number of unbranched alkanes of at least 4 members (excludes halogenated alkanes) is 2. The van der Waals surface area contributed by atoms with Crippen LogP contribution in [-0.2, 0) is 0 Å². The highest BCUT2D eigenvalue weighted by Crippen LogP contribution is 2.37. The van der Waals surface area contributed by atoms with E-state index >= 15 is 0 Å². The first-order chi connectivity index (χ1) is 17.7. The van der Waals surface area contributed by atoms with Crippen LogP contribution in [-0.4, -0.2) is 18.1 Å². The summed E-state index contributed by atoms with van der Waals surface area (Å²) in [5.41, 5.74) is 7.74. The Labute approximate surface area is 214 Å². The molecule has 5 aromatic rings. The predicted molar refractivity (Wildman–Crippen MR) is 153 cm³/mol. The van der Waals surface area contributed by atoms with Gasteiger partial charge in [-0.25, -0.2) is 0 Å². The minimum Gasteiger partial charge on any atom is -0.372 e. The Morgan fingerprint density at radius 2 is 1.36 bits per heavy atom. The largest absolute Gasteiger partial charge is 0.372 e. The maximum Gasteiger partial charge on any atom is 0.0991 e. The molecule has 0 unspecified atom stereocenters. The quantitative estimate of drug-likeness (QED) is 0.233. The van der Waals surface area contributed by atoms with Gasteiger partial charge in [-0.05, 0) is 76.7 Å². The van der Waals surface area contributed by atoms with Crippen LogP contribution in [0.2, 0.25) is 0 Å². The van der Waals surface area contributed by atoms with E-state index in [0.717, 1.165) is 29.9 Å². The Kier molecular flexibility index (Phi) is 7.05. The molecule has 1 N–H and O–H groups in total. The summed E-state index contributed by atoms with van der Waals surface area (Å²) < 4.78 is 0. The zero-order valence-electron chi connectivity index (χ0n) is 21.2. The van der Waals surface area contributed by atoms with Crippen molar-refractivity contribution in [3.63, 3.8) is 0 Å².